The topological polar surface area (TPSA) is 69.8 Å². The molecule has 0 radical (unpaired) electrons. The molecule has 0 spiro atoms. The van der Waals surface area contributed by atoms with Gasteiger partial charge in [-0.2, -0.15) is 18.4 Å². The van der Waals surface area contributed by atoms with Gasteiger partial charge in [0.1, 0.15) is 23.4 Å². The molecule has 3 heterocycles. The summed E-state index contributed by atoms with van der Waals surface area (Å²) in [4.78, 5) is 10.4. The van der Waals surface area contributed by atoms with Crippen molar-refractivity contribution in [3.63, 3.8) is 0 Å². The van der Waals surface area contributed by atoms with E-state index in [0.29, 0.717) is 5.82 Å². The molecule has 0 aliphatic carbocycles. The fourth-order valence-corrected chi connectivity index (χ4v) is 3.06. The third-order valence-electron chi connectivity index (χ3n) is 4.61. The molecule has 1 atom stereocenters. The minimum atomic E-state index is -4.47. The number of nitriles is 1. The van der Waals surface area contributed by atoms with Gasteiger partial charge in [0.25, 0.3) is 0 Å². The summed E-state index contributed by atoms with van der Waals surface area (Å²) in [7, 11) is 2.06. The minimum Gasteiger partial charge on any atom is -0.367 e. The SMILES string of the molecule is CC(n1c(C#N)nc2cnc(NC3CCN(C)CC3)cc21)C(F)(F)F. The van der Waals surface area contributed by atoms with Crippen molar-refractivity contribution < 1.29 is 13.2 Å². The first-order valence-electron chi connectivity index (χ1n) is 8.09. The summed E-state index contributed by atoms with van der Waals surface area (Å²) in [5.41, 5.74) is 0.536. The largest absolute Gasteiger partial charge is 0.408 e. The van der Waals surface area contributed by atoms with Crippen molar-refractivity contribution in [2.24, 2.45) is 0 Å². The van der Waals surface area contributed by atoms with Gasteiger partial charge in [-0.3, -0.25) is 0 Å². The molecule has 0 aromatic carbocycles. The Morgan fingerprint density at radius 3 is 2.64 bits per heavy atom. The average molecular weight is 352 g/mol. The van der Waals surface area contributed by atoms with E-state index in [0.717, 1.165) is 37.4 Å². The third kappa shape index (κ3) is 3.54. The van der Waals surface area contributed by atoms with E-state index >= 15 is 0 Å². The van der Waals surface area contributed by atoms with Crippen molar-refractivity contribution in [1.82, 2.24) is 19.4 Å². The lowest BCUT2D eigenvalue weighted by Crippen LogP contribution is -2.36. The molecule has 1 fully saturated rings. The van der Waals surface area contributed by atoms with Crippen LogP contribution in [0.2, 0.25) is 0 Å². The number of nitrogens with one attached hydrogen (secondary N) is 1. The Hall–Kier alpha value is -2.34. The van der Waals surface area contributed by atoms with Gasteiger partial charge >= 0.3 is 6.18 Å². The van der Waals surface area contributed by atoms with Crippen molar-refractivity contribution in [2.45, 2.75) is 38.0 Å². The average Bonchev–Trinajstić information content (AvgIpc) is 2.93. The molecule has 3 rings (SSSR count). The Kier molecular flexibility index (Phi) is 4.56. The lowest BCUT2D eigenvalue weighted by atomic mass is 10.1. The number of hydrogen-bond donors (Lipinski definition) is 1. The molecule has 0 amide bonds. The summed E-state index contributed by atoms with van der Waals surface area (Å²) < 4.78 is 40.4. The quantitative estimate of drug-likeness (QED) is 0.920. The van der Waals surface area contributed by atoms with Gasteiger partial charge in [-0.15, -0.1) is 0 Å². The van der Waals surface area contributed by atoms with E-state index in [4.69, 9.17) is 5.26 Å². The van der Waals surface area contributed by atoms with Crippen LogP contribution in [0.5, 0.6) is 0 Å². The zero-order valence-corrected chi connectivity index (χ0v) is 14.0. The van der Waals surface area contributed by atoms with Crippen LogP contribution in [-0.4, -0.2) is 51.8 Å². The Morgan fingerprint density at radius 2 is 2.04 bits per heavy atom. The lowest BCUT2D eigenvalue weighted by molar-refractivity contribution is -0.162. The predicted octanol–water partition coefficient (Wildman–Crippen LogP) is 2.93. The number of anilines is 1. The smallest absolute Gasteiger partial charge is 0.367 e. The minimum absolute atomic E-state index is 0.230. The van der Waals surface area contributed by atoms with Gasteiger partial charge < -0.3 is 14.8 Å². The van der Waals surface area contributed by atoms with E-state index in [-0.39, 0.29) is 22.9 Å². The maximum Gasteiger partial charge on any atom is 0.408 e. The molecule has 1 unspecified atom stereocenters. The van der Waals surface area contributed by atoms with E-state index in [1.54, 1.807) is 12.1 Å². The standard InChI is InChI=1S/C16H19F3N6/c1-10(16(17,18)19)25-13-7-14(21-9-12(13)23-15(25)8-20)22-11-3-5-24(2)6-4-11/h7,9-11H,3-6H2,1-2H3,(H,21,22). The van der Waals surface area contributed by atoms with Crippen molar-refractivity contribution >= 4 is 16.9 Å². The zero-order chi connectivity index (χ0) is 18.2. The van der Waals surface area contributed by atoms with E-state index in [2.05, 4.69) is 27.2 Å². The first-order valence-corrected chi connectivity index (χ1v) is 8.09. The summed E-state index contributed by atoms with van der Waals surface area (Å²) in [6, 6.07) is 1.67. The van der Waals surface area contributed by atoms with Crippen LogP contribution in [0, 0.1) is 11.3 Å². The Balaban J connectivity index is 1.95. The fourth-order valence-electron chi connectivity index (χ4n) is 3.06. The summed E-state index contributed by atoms with van der Waals surface area (Å²) >= 11 is 0. The van der Waals surface area contributed by atoms with Crippen LogP contribution in [0.3, 0.4) is 0 Å². The molecular weight excluding hydrogens is 333 g/mol. The highest BCUT2D eigenvalue weighted by atomic mass is 19.4. The highest BCUT2D eigenvalue weighted by molar-refractivity contribution is 5.79. The van der Waals surface area contributed by atoms with Gasteiger partial charge in [-0.25, -0.2) is 9.97 Å². The molecule has 1 N–H and O–H groups in total. The van der Waals surface area contributed by atoms with Crippen LogP contribution in [-0.2, 0) is 0 Å². The molecular formula is C16H19F3N6. The van der Waals surface area contributed by atoms with Gasteiger partial charge in [-0.1, -0.05) is 0 Å². The van der Waals surface area contributed by atoms with Gasteiger partial charge in [-0.05, 0) is 39.9 Å². The van der Waals surface area contributed by atoms with Gasteiger partial charge in [0.05, 0.1) is 11.7 Å². The first kappa shape index (κ1) is 17.5. The van der Waals surface area contributed by atoms with Gasteiger partial charge in [0.15, 0.2) is 0 Å². The summed E-state index contributed by atoms with van der Waals surface area (Å²) in [6.07, 6.45) is -1.17. The number of pyridine rings is 1. The number of rotatable bonds is 3. The van der Waals surface area contributed by atoms with Crippen molar-refractivity contribution in [2.75, 3.05) is 25.5 Å². The molecule has 6 nitrogen and oxygen atoms in total. The maximum absolute atomic E-state index is 13.2. The molecule has 25 heavy (non-hydrogen) atoms. The highest BCUT2D eigenvalue weighted by Crippen LogP contribution is 2.34. The van der Waals surface area contributed by atoms with E-state index in [1.165, 1.54) is 6.20 Å². The second-order valence-electron chi connectivity index (χ2n) is 6.41. The van der Waals surface area contributed by atoms with E-state index in [9.17, 15) is 13.2 Å². The molecule has 1 saturated heterocycles. The van der Waals surface area contributed by atoms with Crippen molar-refractivity contribution in [3.05, 3.63) is 18.1 Å². The number of halogens is 3. The molecule has 0 bridgehead atoms. The normalized spacial score (nSPS) is 18.2. The summed E-state index contributed by atoms with van der Waals surface area (Å²) in [6.45, 7) is 2.94. The van der Waals surface area contributed by atoms with Gasteiger partial charge in [0, 0.05) is 12.1 Å². The number of nitrogens with zero attached hydrogens (tertiary/aromatic N) is 5. The second-order valence-corrected chi connectivity index (χ2v) is 6.41. The second kappa shape index (κ2) is 6.52. The Morgan fingerprint density at radius 1 is 1.36 bits per heavy atom. The molecule has 0 saturated carbocycles. The number of imidazole rings is 1. The number of likely N-dealkylation sites (tertiary alicyclic amines) is 1. The lowest BCUT2D eigenvalue weighted by Gasteiger charge is -2.29. The molecule has 1 aliphatic rings. The monoisotopic (exact) mass is 352 g/mol. The van der Waals surface area contributed by atoms with Crippen molar-refractivity contribution in [3.8, 4) is 6.07 Å². The zero-order valence-electron chi connectivity index (χ0n) is 14.0. The third-order valence-corrected chi connectivity index (χ3v) is 4.61. The summed E-state index contributed by atoms with van der Waals surface area (Å²) in [5, 5.41) is 12.4. The summed E-state index contributed by atoms with van der Waals surface area (Å²) in [5.74, 6) is 0.236. The molecule has 1 aliphatic heterocycles. The first-order chi connectivity index (χ1) is 11.8. The van der Waals surface area contributed by atoms with E-state index in [1.807, 2.05) is 0 Å². The Labute approximate surface area is 143 Å². The molecule has 134 valence electrons. The number of fused-ring (bicyclic) bond motifs is 1. The van der Waals surface area contributed by atoms with Crippen molar-refractivity contribution in [1.29, 1.82) is 5.26 Å². The van der Waals surface area contributed by atoms with Crippen LogP contribution >= 0.6 is 0 Å². The fraction of sp³-hybridized carbons (Fsp3) is 0.562. The van der Waals surface area contributed by atoms with Crippen LogP contribution in [0.4, 0.5) is 19.0 Å². The number of alkyl halides is 3. The van der Waals surface area contributed by atoms with Crippen LogP contribution in [0.1, 0.15) is 31.6 Å². The van der Waals surface area contributed by atoms with Crippen LogP contribution in [0.15, 0.2) is 12.3 Å². The van der Waals surface area contributed by atoms with Gasteiger partial charge in [0.2, 0.25) is 5.82 Å². The number of hydrogen-bond acceptors (Lipinski definition) is 5. The van der Waals surface area contributed by atoms with Crippen LogP contribution in [0.25, 0.3) is 11.0 Å². The molecule has 9 heteroatoms. The Bertz CT molecular complexity index is 799. The van der Waals surface area contributed by atoms with Crippen LogP contribution < -0.4 is 5.32 Å². The number of aromatic nitrogens is 3. The predicted molar refractivity (Wildman–Crippen MR) is 87.2 cm³/mol. The number of piperidine rings is 1. The maximum atomic E-state index is 13.2. The molecule has 2 aromatic heterocycles. The highest BCUT2D eigenvalue weighted by Gasteiger charge is 2.39. The van der Waals surface area contributed by atoms with E-state index < -0.39 is 12.2 Å². The molecule has 2 aromatic rings.